The molecule has 0 aliphatic heterocycles. The van der Waals surface area contributed by atoms with Gasteiger partial charge in [-0.2, -0.15) is 5.26 Å². The molecule has 0 saturated carbocycles. The van der Waals surface area contributed by atoms with E-state index in [0.29, 0.717) is 0 Å². The average Bonchev–Trinajstić information content (AvgIpc) is 2.49. The van der Waals surface area contributed by atoms with Crippen molar-refractivity contribution in [3.63, 3.8) is 0 Å². The second kappa shape index (κ2) is 8.32. The second-order valence-corrected chi connectivity index (χ2v) is 14.3. The summed E-state index contributed by atoms with van der Waals surface area (Å²) in [5.41, 5.74) is 1.37. The zero-order chi connectivity index (χ0) is 18.4. The van der Waals surface area contributed by atoms with Gasteiger partial charge in [0.2, 0.25) is 8.32 Å². The fraction of sp³-hybridized carbons (Fsp3) is 0.667. The van der Waals surface area contributed by atoms with Crippen LogP contribution < -0.4 is 0 Å². The van der Waals surface area contributed by atoms with E-state index in [0.717, 1.165) is 25.7 Å². The van der Waals surface area contributed by atoms with Gasteiger partial charge in [0.15, 0.2) is 0 Å². The van der Waals surface area contributed by atoms with Crippen molar-refractivity contribution < 1.29 is 4.43 Å². The van der Waals surface area contributed by atoms with Crippen LogP contribution in [0.15, 0.2) is 30.3 Å². The van der Waals surface area contributed by atoms with E-state index in [1.165, 1.54) is 5.56 Å². The van der Waals surface area contributed by atoms with Gasteiger partial charge in [-0.05, 0) is 47.9 Å². The average molecular weight is 346 g/mol. The van der Waals surface area contributed by atoms with Crippen molar-refractivity contribution in [1.82, 2.24) is 0 Å². The molecule has 0 aliphatic rings. The fourth-order valence-corrected chi connectivity index (χ4v) is 6.91. The molecule has 0 aliphatic carbocycles. The molecule has 0 saturated heterocycles. The number of unbranched alkanes of at least 4 members (excludes halogenated alkanes) is 1. The Morgan fingerprint density at radius 2 is 1.54 bits per heavy atom. The third kappa shape index (κ3) is 5.46. The SMILES string of the molecule is CC(C)(C)[Si](C)(OC(C#N)CCCCc1ccccc1)C(C)(C)C. The zero-order valence-corrected chi connectivity index (χ0v) is 17.6. The standard InChI is InChI=1S/C21H35NOSi/c1-20(2,3)24(7,21(4,5)6)23-19(17-22)16-12-11-15-18-13-9-8-10-14-18/h8-10,13-14,19H,11-12,15-16H2,1-7H3. The van der Waals surface area contributed by atoms with Gasteiger partial charge < -0.3 is 4.43 Å². The largest absolute Gasteiger partial charge is 0.400 e. The smallest absolute Gasteiger partial charge is 0.202 e. The molecule has 1 aromatic rings. The predicted molar refractivity (Wildman–Crippen MR) is 106 cm³/mol. The third-order valence-corrected chi connectivity index (χ3v) is 11.9. The van der Waals surface area contributed by atoms with Crippen molar-refractivity contribution >= 4 is 8.32 Å². The number of nitriles is 1. The van der Waals surface area contributed by atoms with Crippen LogP contribution in [0.4, 0.5) is 0 Å². The number of nitrogens with zero attached hydrogens (tertiary/aromatic N) is 1. The van der Waals surface area contributed by atoms with Crippen LogP contribution in [0, 0.1) is 11.3 Å². The van der Waals surface area contributed by atoms with E-state index < -0.39 is 8.32 Å². The van der Waals surface area contributed by atoms with Crippen LogP contribution in [0.1, 0.15) is 66.4 Å². The van der Waals surface area contributed by atoms with Crippen LogP contribution in [0.3, 0.4) is 0 Å². The van der Waals surface area contributed by atoms with Crippen LogP contribution in [-0.2, 0) is 10.8 Å². The maximum Gasteiger partial charge on any atom is 0.202 e. The maximum atomic E-state index is 9.58. The summed E-state index contributed by atoms with van der Waals surface area (Å²) in [6, 6.07) is 13.0. The molecule has 1 aromatic carbocycles. The molecular formula is C21H35NOSi. The molecule has 24 heavy (non-hydrogen) atoms. The summed E-state index contributed by atoms with van der Waals surface area (Å²) in [5, 5.41) is 9.79. The number of benzene rings is 1. The van der Waals surface area contributed by atoms with Crippen molar-refractivity contribution in [3.8, 4) is 6.07 Å². The van der Waals surface area contributed by atoms with Crippen LogP contribution in [0.25, 0.3) is 0 Å². The molecule has 0 aromatic heterocycles. The van der Waals surface area contributed by atoms with Gasteiger partial charge in [0.25, 0.3) is 0 Å². The van der Waals surface area contributed by atoms with Gasteiger partial charge in [-0.3, -0.25) is 0 Å². The van der Waals surface area contributed by atoms with E-state index in [9.17, 15) is 5.26 Å². The second-order valence-electron chi connectivity index (χ2n) is 9.00. The van der Waals surface area contributed by atoms with Gasteiger partial charge in [0.05, 0.1) is 6.07 Å². The summed E-state index contributed by atoms with van der Waals surface area (Å²) < 4.78 is 6.55. The Balaban J connectivity index is 2.61. The van der Waals surface area contributed by atoms with Gasteiger partial charge in [-0.25, -0.2) is 0 Å². The topological polar surface area (TPSA) is 33.0 Å². The van der Waals surface area contributed by atoms with Crippen LogP contribution >= 0.6 is 0 Å². The monoisotopic (exact) mass is 345 g/mol. The highest BCUT2D eigenvalue weighted by atomic mass is 28.4. The molecule has 2 nitrogen and oxygen atoms in total. The van der Waals surface area contributed by atoms with Crippen LogP contribution in [-0.4, -0.2) is 14.4 Å². The molecule has 1 atom stereocenters. The third-order valence-electron chi connectivity index (χ3n) is 5.41. The normalized spacial score (nSPS) is 14.2. The summed E-state index contributed by atoms with van der Waals surface area (Å²) in [4.78, 5) is 0. The van der Waals surface area contributed by atoms with E-state index in [1.807, 2.05) is 6.07 Å². The molecule has 0 heterocycles. The van der Waals surface area contributed by atoms with Crippen molar-refractivity contribution in [2.45, 2.75) is 90.0 Å². The predicted octanol–water partition coefficient (Wildman–Crippen LogP) is 6.48. The molecule has 0 bridgehead atoms. The van der Waals surface area contributed by atoms with Crippen LogP contribution in [0.5, 0.6) is 0 Å². The van der Waals surface area contributed by atoms with E-state index in [1.54, 1.807) is 0 Å². The lowest BCUT2D eigenvalue weighted by atomic mass is 10.1. The molecule has 0 fully saturated rings. The molecule has 1 unspecified atom stereocenters. The zero-order valence-electron chi connectivity index (χ0n) is 16.6. The minimum absolute atomic E-state index is 0.102. The Kier molecular flexibility index (Phi) is 7.25. The summed E-state index contributed by atoms with van der Waals surface area (Å²) in [6.45, 7) is 15.8. The van der Waals surface area contributed by atoms with E-state index in [-0.39, 0.29) is 16.2 Å². The first-order valence-electron chi connectivity index (χ1n) is 9.12. The lowest BCUT2D eigenvalue weighted by molar-refractivity contribution is 0.199. The lowest BCUT2D eigenvalue weighted by Gasteiger charge is -2.49. The summed E-state index contributed by atoms with van der Waals surface area (Å²) in [5.74, 6) is 0. The van der Waals surface area contributed by atoms with Crippen molar-refractivity contribution in [2.24, 2.45) is 0 Å². The van der Waals surface area contributed by atoms with E-state index in [4.69, 9.17) is 4.43 Å². The van der Waals surface area contributed by atoms with Crippen LogP contribution in [0.2, 0.25) is 16.6 Å². The van der Waals surface area contributed by atoms with Gasteiger partial charge in [0, 0.05) is 0 Å². The molecular weight excluding hydrogens is 310 g/mol. The van der Waals surface area contributed by atoms with Gasteiger partial charge in [-0.1, -0.05) is 71.9 Å². The number of hydrogen-bond donors (Lipinski definition) is 0. The Morgan fingerprint density at radius 3 is 2.00 bits per heavy atom. The molecule has 0 amide bonds. The minimum Gasteiger partial charge on any atom is -0.400 e. The lowest BCUT2D eigenvalue weighted by Crippen LogP contribution is -2.53. The summed E-state index contributed by atoms with van der Waals surface area (Å²) in [6.07, 6.45) is 3.77. The number of rotatable bonds is 7. The van der Waals surface area contributed by atoms with Gasteiger partial charge in [0.1, 0.15) is 6.10 Å². The van der Waals surface area contributed by atoms with Crippen molar-refractivity contribution in [2.75, 3.05) is 0 Å². The van der Waals surface area contributed by atoms with Crippen molar-refractivity contribution in [3.05, 3.63) is 35.9 Å². The Morgan fingerprint density at radius 1 is 1.00 bits per heavy atom. The van der Waals surface area contributed by atoms with Gasteiger partial charge in [-0.15, -0.1) is 0 Å². The first-order chi connectivity index (χ1) is 11.0. The highest BCUT2D eigenvalue weighted by Gasteiger charge is 2.52. The van der Waals surface area contributed by atoms with E-state index in [2.05, 4.69) is 78.4 Å². The quantitative estimate of drug-likeness (QED) is 0.418. The number of hydrogen-bond acceptors (Lipinski definition) is 2. The Bertz CT molecular complexity index is 520. The van der Waals surface area contributed by atoms with Crippen molar-refractivity contribution in [1.29, 1.82) is 5.26 Å². The number of aryl methyl sites for hydroxylation is 1. The molecule has 0 spiro atoms. The van der Waals surface area contributed by atoms with Gasteiger partial charge >= 0.3 is 0 Å². The molecule has 3 heteroatoms. The highest BCUT2D eigenvalue weighted by Crippen LogP contribution is 2.52. The molecule has 134 valence electrons. The molecule has 0 N–H and O–H groups in total. The first-order valence-corrected chi connectivity index (χ1v) is 11.5. The molecule has 1 rings (SSSR count). The minimum atomic E-state index is -2.08. The Hall–Kier alpha value is -1.11. The summed E-state index contributed by atoms with van der Waals surface area (Å²) in [7, 11) is -2.08. The fourth-order valence-electron chi connectivity index (χ4n) is 3.22. The highest BCUT2D eigenvalue weighted by molar-refractivity contribution is 6.78. The Labute approximate surface area is 150 Å². The summed E-state index contributed by atoms with van der Waals surface area (Å²) >= 11 is 0. The molecule has 0 radical (unpaired) electrons. The first kappa shape index (κ1) is 20.9. The van der Waals surface area contributed by atoms with E-state index >= 15 is 0 Å². The maximum absolute atomic E-state index is 9.58.